The molecular weight excluding hydrogens is 359 g/mol. The van der Waals surface area contributed by atoms with E-state index in [0.717, 1.165) is 6.07 Å². The fourth-order valence-corrected chi connectivity index (χ4v) is 1.73. The monoisotopic (exact) mass is 368 g/mol. The minimum atomic E-state index is -6.87. The fraction of sp³-hybridized carbons (Fsp3) is 0.417. The van der Waals surface area contributed by atoms with E-state index in [1.165, 1.54) is 30.4 Å². The average molecular weight is 368 g/mol. The van der Waals surface area contributed by atoms with Gasteiger partial charge in [-0.3, -0.25) is 0 Å². The lowest BCUT2D eigenvalue weighted by Gasteiger charge is -2.38. The summed E-state index contributed by atoms with van der Waals surface area (Å²) in [6, 6.07) is 2.82. The Morgan fingerprint density at radius 2 is 1.25 bits per heavy atom. The highest BCUT2D eigenvalue weighted by Crippen LogP contribution is 2.52. The van der Waals surface area contributed by atoms with Crippen LogP contribution < -0.4 is 10.6 Å². The second-order valence-electron chi connectivity index (χ2n) is 4.64. The van der Waals surface area contributed by atoms with Crippen molar-refractivity contribution in [1.82, 2.24) is 5.32 Å². The summed E-state index contributed by atoms with van der Waals surface area (Å²) in [6.07, 6.45) is -20.6. The molecule has 3 nitrogen and oxygen atoms in total. The van der Waals surface area contributed by atoms with Crippen molar-refractivity contribution in [3.63, 3.8) is 0 Å². The van der Waals surface area contributed by atoms with Crippen molar-refractivity contribution in [1.29, 1.82) is 0 Å². The number of amides is 2. The number of benzene rings is 1. The van der Waals surface area contributed by atoms with E-state index in [1.54, 1.807) is 0 Å². The molecule has 1 aromatic rings. The molecule has 2 amide bonds. The number of carbonyl (C=O) groups excluding carboxylic acids is 1. The van der Waals surface area contributed by atoms with Crippen molar-refractivity contribution in [3.8, 4) is 0 Å². The summed E-state index contributed by atoms with van der Waals surface area (Å²) in [7, 11) is 0. The van der Waals surface area contributed by atoms with E-state index >= 15 is 0 Å². The van der Waals surface area contributed by atoms with Crippen LogP contribution in [0.15, 0.2) is 24.3 Å². The van der Waals surface area contributed by atoms with Crippen molar-refractivity contribution < 1.29 is 44.3 Å². The Morgan fingerprint density at radius 1 is 0.833 bits per heavy atom. The molecule has 0 aliphatic rings. The molecule has 2 N–H and O–H groups in total. The number of carbonyl (C=O) groups is 1. The highest BCUT2D eigenvalue weighted by atomic mass is 19.4. The summed E-state index contributed by atoms with van der Waals surface area (Å²) < 4.78 is 114. The molecule has 12 heteroatoms. The fourth-order valence-electron chi connectivity index (χ4n) is 1.73. The van der Waals surface area contributed by atoms with Crippen molar-refractivity contribution in [2.75, 3.05) is 5.32 Å². The Balaban J connectivity index is 3.28. The Kier molecular flexibility index (Phi) is 5.02. The zero-order valence-corrected chi connectivity index (χ0v) is 11.6. The van der Waals surface area contributed by atoms with E-state index in [0.29, 0.717) is 0 Å². The van der Waals surface area contributed by atoms with E-state index in [-0.39, 0.29) is 16.6 Å². The predicted molar refractivity (Wildman–Crippen MR) is 64.2 cm³/mol. The predicted octanol–water partition coefficient (Wildman–Crippen LogP) is 4.54. The Hall–Kier alpha value is -2.14. The van der Waals surface area contributed by atoms with Crippen LogP contribution in [0.25, 0.3) is 0 Å². The number of halogens is 9. The van der Waals surface area contributed by atoms with Crippen molar-refractivity contribution in [2.24, 2.45) is 0 Å². The zero-order valence-electron chi connectivity index (χ0n) is 11.6. The third-order valence-corrected chi connectivity index (χ3v) is 2.97. The summed E-state index contributed by atoms with van der Waals surface area (Å²) >= 11 is 0. The molecule has 24 heavy (non-hydrogen) atoms. The molecule has 0 aromatic heterocycles. The van der Waals surface area contributed by atoms with Gasteiger partial charge in [0.2, 0.25) is 0 Å². The van der Waals surface area contributed by atoms with Crippen molar-refractivity contribution in [3.05, 3.63) is 29.8 Å². The molecule has 0 spiro atoms. The SMILES string of the molecule is Cc1ccccc1NC(=O)NC(C(F)(F)F)(C(F)(F)F)C(F)(F)F. The first-order valence-electron chi connectivity index (χ1n) is 5.98. The lowest BCUT2D eigenvalue weighted by atomic mass is 9.97. The van der Waals surface area contributed by atoms with Gasteiger partial charge in [-0.05, 0) is 18.6 Å². The summed E-state index contributed by atoms with van der Waals surface area (Å²) in [5, 5.41) is 1.53. The van der Waals surface area contributed by atoms with Crippen LogP contribution in [0.4, 0.5) is 50.0 Å². The highest BCUT2D eigenvalue weighted by Gasteiger charge is 2.84. The second kappa shape index (κ2) is 6.06. The maximum atomic E-state index is 12.7. The molecule has 1 aromatic carbocycles. The van der Waals surface area contributed by atoms with Crippen LogP contribution >= 0.6 is 0 Å². The molecule has 136 valence electrons. The number of hydrogen-bond acceptors (Lipinski definition) is 1. The maximum absolute atomic E-state index is 12.7. The lowest BCUT2D eigenvalue weighted by molar-refractivity contribution is -0.386. The Bertz CT molecular complexity index is 568. The first-order chi connectivity index (χ1) is 10.6. The van der Waals surface area contributed by atoms with Gasteiger partial charge in [0.25, 0.3) is 0 Å². The first-order valence-corrected chi connectivity index (χ1v) is 5.98. The van der Waals surface area contributed by atoms with Crippen LogP contribution in [0.2, 0.25) is 0 Å². The number of nitrogens with one attached hydrogen (secondary N) is 2. The van der Waals surface area contributed by atoms with Crippen molar-refractivity contribution in [2.45, 2.75) is 31.0 Å². The van der Waals surface area contributed by atoms with Gasteiger partial charge in [0.05, 0.1) is 0 Å². The molecule has 0 saturated carbocycles. The summed E-state index contributed by atoms with van der Waals surface area (Å²) in [6.45, 7) is 1.33. The molecule has 0 aliphatic heterocycles. The van der Waals surface area contributed by atoms with Gasteiger partial charge in [-0.25, -0.2) is 4.79 Å². The van der Waals surface area contributed by atoms with Gasteiger partial charge in [-0.1, -0.05) is 18.2 Å². The molecule has 0 aliphatic carbocycles. The number of urea groups is 1. The summed E-state index contributed by atoms with van der Waals surface area (Å²) in [5.41, 5.74) is -6.44. The molecule has 1 rings (SSSR count). The molecule has 0 fully saturated rings. The minimum absolute atomic E-state index is 0.00104. The average Bonchev–Trinajstić information content (AvgIpc) is 2.34. The number of hydrogen-bond donors (Lipinski definition) is 2. The van der Waals surface area contributed by atoms with Crippen LogP contribution in [-0.4, -0.2) is 30.1 Å². The minimum Gasteiger partial charge on any atom is -0.308 e. The second-order valence-corrected chi connectivity index (χ2v) is 4.64. The van der Waals surface area contributed by atoms with Gasteiger partial charge < -0.3 is 10.6 Å². The summed E-state index contributed by atoms with van der Waals surface area (Å²) in [4.78, 5) is 11.4. The zero-order chi connectivity index (χ0) is 19.0. The van der Waals surface area contributed by atoms with Gasteiger partial charge in [-0.2, -0.15) is 39.5 Å². The van der Waals surface area contributed by atoms with E-state index in [2.05, 4.69) is 0 Å². The van der Waals surface area contributed by atoms with Crippen LogP contribution in [0.5, 0.6) is 0 Å². The number of rotatable bonds is 2. The third-order valence-electron chi connectivity index (χ3n) is 2.97. The highest BCUT2D eigenvalue weighted by molar-refractivity contribution is 5.90. The number of alkyl halides is 9. The molecule has 0 bridgehead atoms. The largest absolute Gasteiger partial charge is 0.429 e. The van der Waals surface area contributed by atoms with E-state index in [9.17, 15) is 44.3 Å². The molecule has 0 atom stereocenters. The Labute approximate surface area is 128 Å². The standard InChI is InChI=1S/C12H9F9N2O/c1-6-4-2-3-5-7(6)22-8(24)23-9(10(13,14)15,11(16,17)18)12(19,20)21/h2-5H,1H3,(H2,22,23,24). The van der Waals surface area contributed by atoms with E-state index in [4.69, 9.17) is 0 Å². The number of aryl methyl sites for hydroxylation is 1. The van der Waals surface area contributed by atoms with Gasteiger partial charge in [0.15, 0.2) is 0 Å². The quantitative estimate of drug-likeness (QED) is 0.740. The summed E-state index contributed by atoms with van der Waals surface area (Å²) in [5.74, 6) is 0. The smallest absolute Gasteiger partial charge is 0.308 e. The first kappa shape index (κ1) is 19.9. The van der Waals surface area contributed by atoms with Gasteiger partial charge in [0, 0.05) is 5.69 Å². The lowest BCUT2D eigenvalue weighted by Crippen LogP contribution is -2.75. The van der Waals surface area contributed by atoms with E-state index in [1.807, 2.05) is 0 Å². The molecule has 0 saturated heterocycles. The molecule has 0 unspecified atom stereocenters. The molecular formula is C12H9F9N2O. The topological polar surface area (TPSA) is 41.1 Å². The van der Waals surface area contributed by atoms with Crippen molar-refractivity contribution >= 4 is 11.7 Å². The molecule has 0 heterocycles. The van der Waals surface area contributed by atoms with Gasteiger partial charge >= 0.3 is 30.1 Å². The normalized spacial score (nSPS) is 13.6. The van der Waals surface area contributed by atoms with Crippen LogP contribution in [-0.2, 0) is 0 Å². The third kappa shape index (κ3) is 3.51. The van der Waals surface area contributed by atoms with Crippen LogP contribution in [0, 0.1) is 6.92 Å². The van der Waals surface area contributed by atoms with E-state index < -0.39 is 30.1 Å². The maximum Gasteiger partial charge on any atom is 0.429 e. The number of para-hydroxylation sites is 1. The van der Waals surface area contributed by atoms with Crippen LogP contribution in [0.3, 0.4) is 0 Å². The van der Waals surface area contributed by atoms with Crippen LogP contribution in [0.1, 0.15) is 5.56 Å². The Morgan fingerprint density at radius 3 is 1.62 bits per heavy atom. The van der Waals surface area contributed by atoms with Gasteiger partial charge in [0.1, 0.15) is 0 Å². The van der Waals surface area contributed by atoms with Gasteiger partial charge in [-0.15, -0.1) is 0 Å². The molecule has 0 radical (unpaired) electrons. The number of anilines is 1.